The van der Waals surface area contributed by atoms with Crippen molar-refractivity contribution in [2.75, 3.05) is 13.2 Å². The summed E-state index contributed by atoms with van der Waals surface area (Å²) in [7, 11) is 0. The maximum absolute atomic E-state index is 11.6. The lowest BCUT2D eigenvalue weighted by Gasteiger charge is -2.15. The predicted octanol–water partition coefficient (Wildman–Crippen LogP) is 2.01. The van der Waals surface area contributed by atoms with Gasteiger partial charge in [-0.25, -0.2) is 0 Å². The molecule has 0 aliphatic carbocycles. The average Bonchev–Trinajstić information content (AvgIpc) is 2.38. The average molecular weight is 264 g/mol. The van der Waals surface area contributed by atoms with Crippen molar-refractivity contribution in [3.63, 3.8) is 0 Å². The van der Waals surface area contributed by atoms with E-state index in [2.05, 4.69) is 5.32 Å². The maximum atomic E-state index is 11.6. The van der Waals surface area contributed by atoms with Crippen LogP contribution in [0.3, 0.4) is 0 Å². The molecule has 0 radical (unpaired) electrons. The van der Waals surface area contributed by atoms with Gasteiger partial charge in [0.2, 0.25) is 5.91 Å². The molecule has 0 saturated carbocycles. The van der Waals surface area contributed by atoms with Gasteiger partial charge in [0.05, 0.1) is 6.04 Å². The molecule has 106 valence electrons. The molecule has 0 spiro atoms. The van der Waals surface area contributed by atoms with Gasteiger partial charge >= 0.3 is 0 Å². The van der Waals surface area contributed by atoms with E-state index < -0.39 is 0 Å². The van der Waals surface area contributed by atoms with E-state index in [0.29, 0.717) is 19.6 Å². The highest BCUT2D eigenvalue weighted by molar-refractivity contribution is 5.76. The molecule has 4 nitrogen and oxygen atoms in total. The van der Waals surface area contributed by atoms with Crippen molar-refractivity contribution in [2.45, 2.75) is 39.2 Å². The van der Waals surface area contributed by atoms with E-state index in [4.69, 9.17) is 10.5 Å². The van der Waals surface area contributed by atoms with Crippen molar-refractivity contribution in [2.24, 2.45) is 5.73 Å². The number of nitrogens with one attached hydrogen (secondary N) is 1. The molecule has 3 N–H and O–H groups in total. The van der Waals surface area contributed by atoms with Crippen LogP contribution in [-0.4, -0.2) is 25.1 Å². The van der Waals surface area contributed by atoms with E-state index in [1.165, 1.54) is 5.56 Å². The van der Waals surface area contributed by atoms with Crippen molar-refractivity contribution in [3.05, 3.63) is 29.8 Å². The summed E-state index contributed by atoms with van der Waals surface area (Å²) < 4.78 is 5.61. The van der Waals surface area contributed by atoms with Crippen LogP contribution in [0.1, 0.15) is 31.7 Å². The molecule has 19 heavy (non-hydrogen) atoms. The summed E-state index contributed by atoms with van der Waals surface area (Å²) in [4.78, 5) is 11.6. The number of hydrogen-bond donors (Lipinski definition) is 2. The van der Waals surface area contributed by atoms with Crippen LogP contribution in [0.4, 0.5) is 0 Å². The Kier molecular flexibility index (Phi) is 6.97. The zero-order chi connectivity index (χ0) is 14.1. The minimum absolute atomic E-state index is 0.00618. The Balaban J connectivity index is 2.21. The molecular formula is C15H24N2O2. The fraction of sp³-hybridized carbons (Fsp3) is 0.533. The molecule has 0 aliphatic heterocycles. The SMILES string of the molecule is Cc1ccc(OCC(C)NC(=O)CCCCN)cc1. The van der Waals surface area contributed by atoms with E-state index in [0.717, 1.165) is 18.6 Å². The molecule has 4 heteroatoms. The molecule has 1 unspecified atom stereocenters. The molecule has 1 aromatic carbocycles. The van der Waals surface area contributed by atoms with E-state index in [9.17, 15) is 4.79 Å². The molecule has 1 amide bonds. The fourth-order valence-electron chi connectivity index (χ4n) is 1.67. The van der Waals surface area contributed by atoms with Crippen LogP contribution in [0.2, 0.25) is 0 Å². The Hall–Kier alpha value is -1.55. The first-order valence-electron chi connectivity index (χ1n) is 6.80. The first-order valence-corrected chi connectivity index (χ1v) is 6.80. The Morgan fingerprint density at radius 1 is 1.32 bits per heavy atom. The van der Waals surface area contributed by atoms with E-state index in [1.807, 2.05) is 38.1 Å². The highest BCUT2D eigenvalue weighted by Crippen LogP contribution is 2.11. The number of aryl methyl sites for hydroxylation is 1. The first-order chi connectivity index (χ1) is 9.11. The molecule has 1 aromatic rings. The summed E-state index contributed by atoms with van der Waals surface area (Å²) in [6.45, 7) is 5.09. The maximum Gasteiger partial charge on any atom is 0.220 e. The van der Waals surface area contributed by atoms with Crippen LogP contribution in [0.15, 0.2) is 24.3 Å². The van der Waals surface area contributed by atoms with Crippen LogP contribution in [0, 0.1) is 6.92 Å². The Morgan fingerprint density at radius 3 is 2.63 bits per heavy atom. The van der Waals surface area contributed by atoms with Crippen molar-refractivity contribution < 1.29 is 9.53 Å². The highest BCUT2D eigenvalue weighted by atomic mass is 16.5. The van der Waals surface area contributed by atoms with Crippen molar-refractivity contribution >= 4 is 5.91 Å². The quantitative estimate of drug-likeness (QED) is 0.706. The number of unbranched alkanes of at least 4 members (excludes halogenated alkanes) is 1. The second-order valence-corrected chi connectivity index (χ2v) is 4.84. The lowest BCUT2D eigenvalue weighted by atomic mass is 10.2. The summed E-state index contributed by atoms with van der Waals surface area (Å²) in [6, 6.07) is 7.89. The third-order valence-corrected chi connectivity index (χ3v) is 2.79. The number of amides is 1. The van der Waals surface area contributed by atoms with Crippen LogP contribution in [0.5, 0.6) is 5.75 Å². The molecule has 0 fully saturated rings. The monoisotopic (exact) mass is 264 g/mol. The van der Waals surface area contributed by atoms with Crippen molar-refractivity contribution in [1.82, 2.24) is 5.32 Å². The number of hydrogen-bond acceptors (Lipinski definition) is 3. The smallest absolute Gasteiger partial charge is 0.220 e. The van der Waals surface area contributed by atoms with E-state index in [-0.39, 0.29) is 11.9 Å². The van der Waals surface area contributed by atoms with Crippen LogP contribution in [-0.2, 0) is 4.79 Å². The normalized spacial score (nSPS) is 11.9. The Morgan fingerprint density at radius 2 is 2.00 bits per heavy atom. The molecule has 0 aromatic heterocycles. The number of ether oxygens (including phenoxy) is 1. The number of nitrogens with two attached hydrogens (primary N) is 1. The predicted molar refractivity (Wildman–Crippen MR) is 77.2 cm³/mol. The van der Waals surface area contributed by atoms with Gasteiger partial charge in [-0.2, -0.15) is 0 Å². The van der Waals surface area contributed by atoms with Gasteiger partial charge in [0.1, 0.15) is 12.4 Å². The third-order valence-electron chi connectivity index (χ3n) is 2.79. The largest absolute Gasteiger partial charge is 0.491 e. The number of carbonyl (C=O) groups is 1. The van der Waals surface area contributed by atoms with Gasteiger partial charge in [0, 0.05) is 6.42 Å². The zero-order valence-corrected chi connectivity index (χ0v) is 11.8. The van der Waals surface area contributed by atoms with Crippen LogP contribution >= 0.6 is 0 Å². The van der Waals surface area contributed by atoms with Crippen molar-refractivity contribution in [1.29, 1.82) is 0 Å². The van der Waals surface area contributed by atoms with Gasteiger partial charge in [0.15, 0.2) is 0 Å². The molecular weight excluding hydrogens is 240 g/mol. The van der Waals surface area contributed by atoms with E-state index in [1.54, 1.807) is 0 Å². The number of carbonyl (C=O) groups excluding carboxylic acids is 1. The Labute approximate surface area is 115 Å². The second-order valence-electron chi connectivity index (χ2n) is 4.84. The van der Waals surface area contributed by atoms with Gasteiger partial charge < -0.3 is 15.8 Å². The molecule has 0 saturated heterocycles. The molecule has 0 heterocycles. The summed E-state index contributed by atoms with van der Waals surface area (Å²) in [5.74, 6) is 0.892. The number of benzene rings is 1. The summed E-state index contributed by atoms with van der Waals surface area (Å²) in [5, 5.41) is 2.92. The van der Waals surface area contributed by atoms with Gasteiger partial charge in [-0.05, 0) is 45.4 Å². The minimum Gasteiger partial charge on any atom is -0.491 e. The van der Waals surface area contributed by atoms with Crippen LogP contribution in [0.25, 0.3) is 0 Å². The standard InChI is InChI=1S/C15H24N2O2/c1-12-6-8-14(9-7-12)19-11-13(2)17-15(18)5-3-4-10-16/h6-9,13H,3-5,10-11,16H2,1-2H3,(H,17,18). The minimum atomic E-state index is 0.00618. The zero-order valence-electron chi connectivity index (χ0n) is 11.8. The first kappa shape index (κ1) is 15.5. The van der Waals surface area contributed by atoms with Crippen LogP contribution < -0.4 is 15.8 Å². The van der Waals surface area contributed by atoms with Gasteiger partial charge in [-0.15, -0.1) is 0 Å². The molecule has 0 aliphatic rings. The second kappa shape index (κ2) is 8.53. The van der Waals surface area contributed by atoms with Gasteiger partial charge in [-0.1, -0.05) is 17.7 Å². The highest BCUT2D eigenvalue weighted by Gasteiger charge is 2.07. The van der Waals surface area contributed by atoms with Gasteiger partial charge in [0.25, 0.3) is 0 Å². The molecule has 1 atom stereocenters. The Bertz CT molecular complexity index is 376. The lowest BCUT2D eigenvalue weighted by molar-refractivity contribution is -0.122. The van der Waals surface area contributed by atoms with E-state index >= 15 is 0 Å². The third kappa shape index (κ3) is 6.82. The summed E-state index contributed by atoms with van der Waals surface area (Å²) in [6.07, 6.45) is 2.27. The summed E-state index contributed by atoms with van der Waals surface area (Å²) in [5.41, 5.74) is 6.59. The fourth-order valence-corrected chi connectivity index (χ4v) is 1.67. The molecule has 0 bridgehead atoms. The lowest BCUT2D eigenvalue weighted by Crippen LogP contribution is -2.36. The molecule has 1 rings (SSSR count). The topological polar surface area (TPSA) is 64.3 Å². The van der Waals surface area contributed by atoms with Crippen molar-refractivity contribution in [3.8, 4) is 5.75 Å². The number of rotatable bonds is 8. The summed E-state index contributed by atoms with van der Waals surface area (Å²) >= 11 is 0. The van der Waals surface area contributed by atoms with Gasteiger partial charge in [-0.3, -0.25) is 4.79 Å².